The molecule has 0 aromatic rings. The fourth-order valence-electron chi connectivity index (χ4n) is 1.90. The van der Waals surface area contributed by atoms with Crippen LogP contribution in [0.5, 0.6) is 0 Å². The van der Waals surface area contributed by atoms with E-state index >= 15 is 0 Å². The fourth-order valence-corrected chi connectivity index (χ4v) is 2.98. The maximum absolute atomic E-state index is 11.9. The van der Waals surface area contributed by atoms with Crippen molar-refractivity contribution in [1.82, 2.24) is 0 Å². The van der Waals surface area contributed by atoms with Crippen LogP contribution in [0.1, 0.15) is 72.1 Å². The van der Waals surface area contributed by atoms with E-state index in [0.717, 1.165) is 45.1 Å². The maximum atomic E-state index is 11.9. The Kier molecular flexibility index (Phi) is 11.2. The Balaban J connectivity index is 3.45. The molecule has 0 atom stereocenters. The van der Waals surface area contributed by atoms with Crippen molar-refractivity contribution in [1.29, 1.82) is 0 Å². The maximum Gasteiger partial charge on any atom is 0.238 e. The molecule has 0 unspecified atom stereocenters. The lowest BCUT2D eigenvalue weighted by Crippen LogP contribution is -2.40. The summed E-state index contributed by atoms with van der Waals surface area (Å²) in [6.07, 6.45) is 9.36. The van der Waals surface area contributed by atoms with Crippen LogP contribution in [0.3, 0.4) is 0 Å². The molecule has 0 rings (SSSR count). The Morgan fingerprint density at radius 3 is 2.00 bits per heavy atom. The van der Waals surface area contributed by atoms with E-state index in [1.807, 2.05) is 0 Å². The molecule has 132 valence electrons. The molecule has 0 spiro atoms. The number of halogens is 2. The molecule has 22 heavy (non-hydrogen) atoms. The van der Waals surface area contributed by atoms with Crippen molar-refractivity contribution in [3.8, 4) is 0 Å². The number of alkyl halides is 2. The van der Waals surface area contributed by atoms with Gasteiger partial charge in [-0.25, -0.2) is 8.78 Å². The lowest BCUT2D eigenvalue weighted by atomic mass is 10.1. The summed E-state index contributed by atoms with van der Waals surface area (Å²) >= 11 is 0. The largest absolute Gasteiger partial charge is 0.417 e. The molecule has 0 aliphatic carbocycles. The van der Waals surface area contributed by atoms with Crippen LogP contribution in [0.4, 0.5) is 8.78 Å². The van der Waals surface area contributed by atoms with E-state index < -0.39 is 14.7 Å². The lowest BCUT2D eigenvalue weighted by Gasteiger charge is -2.36. The average molecular weight is 335 g/mol. The summed E-state index contributed by atoms with van der Waals surface area (Å²) in [5.74, 6) is 0. The molecule has 0 aromatic carbocycles. The second kappa shape index (κ2) is 11.3. The van der Waals surface area contributed by atoms with Crippen molar-refractivity contribution >= 4 is 8.32 Å². The number of allylic oxidation sites excluding steroid dienone is 2. The highest BCUT2D eigenvalue weighted by Crippen LogP contribution is 2.36. The zero-order chi connectivity index (χ0) is 17.1. The molecule has 0 saturated heterocycles. The highest BCUT2D eigenvalue weighted by Gasteiger charge is 2.36. The van der Waals surface area contributed by atoms with Gasteiger partial charge in [0.2, 0.25) is 6.43 Å². The van der Waals surface area contributed by atoms with Crippen LogP contribution in [-0.4, -0.2) is 21.3 Å². The van der Waals surface area contributed by atoms with E-state index in [-0.39, 0.29) is 11.5 Å². The first kappa shape index (κ1) is 21.8. The van der Waals surface area contributed by atoms with Crippen molar-refractivity contribution in [3.05, 3.63) is 12.2 Å². The highest BCUT2D eigenvalue weighted by molar-refractivity contribution is 6.74. The predicted molar refractivity (Wildman–Crippen MR) is 95.2 cm³/mol. The Morgan fingerprint density at radius 2 is 1.45 bits per heavy atom. The topological polar surface area (TPSA) is 9.23 Å². The standard InChI is InChI=1S/C18H36F2OSi/c1-18(2,3)22(4,5)21-16-14-12-10-8-6-7-9-11-13-15-17(19)20/h8,10,17H,6-7,9,11-16H2,1-5H3. The van der Waals surface area contributed by atoms with Crippen LogP contribution in [0.25, 0.3) is 0 Å². The van der Waals surface area contributed by atoms with E-state index in [1.54, 1.807) is 0 Å². The quantitative estimate of drug-likeness (QED) is 0.213. The third kappa shape index (κ3) is 11.4. The molecule has 0 aliphatic rings. The summed E-state index contributed by atoms with van der Waals surface area (Å²) in [4.78, 5) is 0. The van der Waals surface area contributed by atoms with Crippen molar-refractivity contribution in [2.24, 2.45) is 0 Å². The summed E-state index contributed by atoms with van der Waals surface area (Å²) < 4.78 is 30.0. The molecule has 0 aliphatic heterocycles. The molecule has 0 N–H and O–H groups in total. The first-order chi connectivity index (χ1) is 10.2. The SMILES string of the molecule is CC(C)(C)[Si](C)(C)OCCCC=CCCCCCCC(F)F. The number of hydrogen-bond acceptors (Lipinski definition) is 1. The van der Waals surface area contributed by atoms with Crippen LogP contribution >= 0.6 is 0 Å². The van der Waals surface area contributed by atoms with Gasteiger partial charge in [0.1, 0.15) is 0 Å². The third-order valence-corrected chi connectivity index (χ3v) is 9.03. The summed E-state index contributed by atoms with van der Waals surface area (Å²) in [7, 11) is -1.58. The van der Waals surface area contributed by atoms with E-state index in [0.29, 0.717) is 6.42 Å². The second-order valence-electron chi connectivity index (χ2n) is 7.61. The van der Waals surface area contributed by atoms with Gasteiger partial charge in [0.15, 0.2) is 8.32 Å². The molecule has 4 heteroatoms. The molecular formula is C18H36F2OSi. The monoisotopic (exact) mass is 334 g/mol. The molecule has 0 saturated carbocycles. The van der Waals surface area contributed by atoms with E-state index in [9.17, 15) is 8.78 Å². The van der Waals surface area contributed by atoms with E-state index in [2.05, 4.69) is 46.0 Å². The summed E-state index contributed by atoms with van der Waals surface area (Å²) in [6.45, 7) is 12.2. The zero-order valence-corrected chi connectivity index (χ0v) is 16.3. The van der Waals surface area contributed by atoms with Crippen LogP contribution in [0.15, 0.2) is 12.2 Å². The van der Waals surface area contributed by atoms with Gasteiger partial charge in [-0.15, -0.1) is 0 Å². The Hall–Kier alpha value is -0.223. The van der Waals surface area contributed by atoms with Crippen LogP contribution in [-0.2, 0) is 4.43 Å². The Labute approximate surface area is 137 Å². The van der Waals surface area contributed by atoms with Gasteiger partial charge in [0.25, 0.3) is 0 Å². The zero-order valence-electron chi connectivity index (χ0n) is 15.3. The summed E-state index contributed by atoms with van der Waals surface area (Å²) in [5.41, 5.74) is 0. The Morgan fingerprint density at radius 1 is 0.909 bits per heavy atom. The molecular weight excluding hydrogens is 298 g/mol. The molecule has 0 fully saturated rings. The van der Waals surface area contributed by atoms with Gasteiger partial charge in [0.05, 0.1) is 0 Å². The van der Waals surface area contributed by atoms with Crippen LogP contribution in [0, 0.1) is 0 Å². The summed E-state index contributed by atoms with van der Waals surface area (Å²) in [5, 5.41) is 0.285. The molecule has 0 amide bonds. The minimum absolute atomic E-state index is 0.0596. The van der Waals surface area contributed by atoms with Gasteiger partial charge in [-0.2, -0.15) is 0 Å². The van der Waals surface area contributed by atoms with Gasteiger partial charge in [-0.05, 0) is 50.2 Å². The van der Waals surface area contributed by atoms with Crippen LogP contribution < -0.4 is 0 Å². The molecule has 0 bridgehead atoms. The van der Waals surface area contributed by atoms with Crippen molar-refractivity contribution in [3.63, 3.8) is 0 Å². The minimum Gasteiger partial charge on any atom is -0.417 e. The Bertz CT molecular complexity index is 296. The molecule has 0 heterocycles. The lowest BCUT2D eigenvalue weighted by molar-refractivity contribution is 0.133. The fraction of sp³-hybridized carbons (Fsp3) is 0.889. The van der Waals surface area contributed by atoms with Gasteiger partial charge in [-0.3, -0.25) is 0 Å². The van der Waals surface area contributed by atoms with Crippen molar-refractivity contribution in [2.45, 2.75) is 96.7 Å². The second-order valence-corrected chi connectivity index (χ2v) is 12.4. The van der Waals surface area contributed by atoms with Crippen molar-refractivity contribution in [2.75, 3.05) is 6.61 Å². The van der Waals surface area contributed by atoms with Crippen molar-refractivity contribution < 1.29 is 13.2 Å². The first-order valence-corrected chi connectivity index (χ1v) is 11.6. The number of rotatable bonds is 12. The average Bonchev–Trinajstić information content (AvgIpc) is 2.38. The predicted octanol–water partition coefficient (Wildman–Crippen LogP) is 6.95. The normalized spacial score (nSPS) is 13.5. The van der Waals surface area contributed by atoms with Crippen LogP contribution in [0.2, 0.25) is 18.1 Å². The van der Waals surface area contributed by atoms with Gasteiger partial charge < -0.3 is 4.43 Å². The summed E-state index contributed by atoms with van der Waals surface area (Å²) in [6, 6.07) is 0. The first-order valence-electron chi connectivity index (χ1n) is 8.74. The smallest absolute Gasteiger partial charge is 0.238 e. The van der Waals surface area contributed by atoms with E-state index in [1.165, 1.54) is 0 Å². The van der Waals surface area contributed by atoms with Gasteiger partial charge in [-0.1, -0.05) is 45.8 Å². The minimum atomic E-state index is -2.13. The number of unbranched alkanes of at least 4 members (excludes halogenated alkanes) is 5. The molecule has 0 aromatic heterocycles. The highest BCUT2D eigenvalue weighted by atomic mass is 28.4. The van der Waals surface area contributed by atoms with Gasteiger partial charge >= 0.3 is 0 Å². The van der Waals surface area contributed by atoms with E-state index in [4.69, 9.17) is 4.43 Å². The molecule has 1 nitrogen and oxygen atoms in total. The third-order valence-electron chi connectivity index (χ3n) is 4.49. The number of hydrogen-bond donors (Lipinski definition) is 0. The van der Waals surface area contributed by atoms with Gasteiger partial charge in [0, 0.05) is 13.0 Å². The molecule has 0 radical (unpaired) electrons.